The molecule has 2 aromatic heterocycles. The summed E-state index contributed by atoms with van der Waals surface area (Å²) in [7, 11) is -3.62. The maximum absolute atomic E-state index is 14.9. The number of nitrogens with zero attached hydrogens (tertiary/aromatic N) is 3. The molecule has 4 rings (SSSR count). The molecule has 0 spiro atoms. The molecule has 2 N–H and O–H groups in total. The summed E-state index contributed by atoms with van der Waals surface area (Å²) in [6, 6.07) is 8.67. The average Bonchev–Trinajstić information content (AvgIpc) is 3.30. The number of aromatic nitrogens is 2. The Morgan fingerprint density at radius 2 is 1.93 bits per heavy atom. The Balaban J connectivity index is 1.78. The summed E-state index contributed by atoms with van der Waals surface area (Å²) in [6.45, 7) is 4.63. The monoisotopic (exact) mass is 434 g/mol. The molecule has 3 heterocycles. The van der Waals surface area contributed by atoms with Crippen molar-refractivity contribution in [2.75, 3.05) is 5.75 Å². The van der Waals surface area contributed by atoms with E-state index in [4.69, 9.17) is 10.3 Å². The lowest BCUT2D eigenvalue weighted by Gasteiger charge is -2.37. The minimum atomic E-state index is -3.62. The van der Waals surface area contributed by atoms with Gasteiger partial charge in [0.15, 0.2) is 9.84 Å². The molecule has 152 valence electrons. The van der Waals surface area contributed by atoms with Crippen LogP contribution in [-0.4, -0.2) is 34.9 Å². The summed E-state index contributed by atoms with van der Waals surface area (Å²) in [6.07, 6.45) is 1.24. The number of benzene rings is 1. The SMILES string of the molecule is CC1(C)C(N)=N[C@](C)(c2sc(-c3cccc(-c4ncon4)c3)cc2F)CS1(=O)=O. The second kappa shape index (κ2) is 6.46. The van der Waals surface area contributed by atoms with Gasteiger partial charge in [0.2, 0.25) is 12.2 Å². The molecule has 7 nitrogen and oxygen atoms in total. The van der Waals surface area contributed by atoms with Crippen molar-refractivity contribution in [3.63, 3.8) is 0 Å². The molecule has 0 aliphatic carbocycles. The second-order valence-electron chi connectivity index (χ2n) is 7.66. The summed E-state index contributed by atoms with van der Waals surface area (Å²) >= 11 is 1.16. The van der Waals surface area contributed by atoms with E-state index in [1.54, 1.807) is 6.92 Å². The Labute approximate surface area is 171 Å². The lowest BCUT2D eigenvalue weighted by atomic mass is 10.0. The zero-order chi connectivity index (χ0) is 21.0. The van der Waals surface area contributed by atoms with Gasteiger partial charge in [0.25, 0.3) is 0 Å². The lowest BCUT2D eigenvalue weighted by Crippen LogP contribution is -2.54. The highest BCUT2D eigenvalue weighted by Gasteiger charge is 2.50. The maximum atomic E-state index is 14.9. The summed E-state index contributed by atoms with van der Waals surface area (Å²) < 4.78 is 44.0. The van der Waals surface area contributed by atoms with E-state index >= 15 is 0 Å². The van der Waals surface area contributed by atoms with Crippen LogP contribution < -0.4 is 5.73 Å². The highest BCUT2D eigenvalue weighted by molar-refractivity contribution is 7.93. The van der Waals surface area contributed by atoms with E-state index < -0.39 is 25.9 Å². The average molecular weight is 435 g/mol. The van der Waals surface area contributed by atoms with Gasteiger partial charge in [-0.25, -0.2) is 12.8 Å². The fraction of sp³-hybridized carbons (Fsp3) is 0.316. The smallest absolute Gasteiger partial charge is 0.214 e. The van der Waals surface area contributed by atoms with E-state index in [2.05, 4.69) is 15.1 Å². The van der Waals surface area contributed by atoms with Crippen molar-refractivity contribution in [2.45, 2.75) is 31.1 Å². The van der Waals surface area contributed by atoms with E-state index in [0.29, 0.717) is 10.7 Å². The van der Waals surface area contributed by atoms with Crippen LogP contribution in [0.1, 0.15) is 25.6 Å². The van der Waals surface area contributed by atoms with Crippen molar-refractivity contribution in [2.24, 2.45) is 10.7 Å². The van der Waals surface area contributed by atoms with E-state index in [1.165, 1.54) is 26.3 Å². The Morgan fingerprint density at radius 1 is 1.21 bits per heavy atom. The normalized spacial score (nSPS) is 23.0. The molecular formula is C19H19FN4O3S2. The van der Waals surface area contributed by atoms with Crippen LogP contribution in [0, 0.1) is 5.82 Å². The summed E-state index contributed by atoms with van der Waals surface area (Å²) in [5.41, 5.74) is 6.17. The zero-order valence-corrected chi connectivity index (χ0v) is 17.6. The number of aliphatic imine (C=N–C) groups is 1. The first-order valence-electron chi connectivity index (χ1n) is 8.79. The van der Waals surface area contributed by atoms with Gasteiger partial charge in [-0.2, -0.15) is 4.98 Å². The Morgan fingerprint density at radius 3 is 2.59 bits per heavy atom. The predicted octanol–water partition coefficient (Wildman–Crippen LogP) is 3.38. The second-order valence-corrected chi connectivity index (χ2v) is 11.3. The standard InChI is InChI=1S/C19H19FN4O3S2/c1-18(2)17(21)23-19(3,9-29(18,25)26)15-13(20)8-14(28-15)11-5-4-6-12(7-11)16-22-10-27-24-16/h4-8,10H,9H2,1-3H3,(H2,21,23)/t19-/m0/s1. The number of amidine groups is 1. The first kappa shape index (κ1) is 19.7. The van der Waals surface area contributed by atoms with Crippen molar-refractivity contribution in [1.29, 1.82) is 0 Å². The third kappa shape index (κ3) is 3.16. The molecule has 0 amide bonds. The number of sulfone groups is 1. The van der Waals surface area contributed by atoms with Crippen LogP contribution in [0.5, 0.6) is 0 Å². The summed E-state index contributed by atoms with van der Waals surface area (Å²) in [5.74, 6) is -0.411. The Kier molecular flexibility index (Phi) is 4.39. The maximum Gasteiger partial charge on any atom is 0.214 e. The number of hydrogen-bond donors (Lipinski definition) is 1. The molecule has 0 unspecified atom stereocenters. The largest absolute Gasteiger partial charge is 0.386 e. The van der Waals surface area contributed by atoms with E-state index in [1.807, 2.05) is 24.3 Å². The third-order valence-electron chi connectivity index (χ3n) is 5.18. The van der Waals surface area contributed by atoms with Crippen molar-refractivity contribution in [3.8, 4) is 21.8 Å². The highest BCUT2D eigenvalue weighted by Crippen LogP contribution is 2.43. The molecule has 0 bridgehead atoms. The fourth-order valence-corrected chi connectivity index (χ4v) is 6.13. The molecule has 0 fully saturated rings. The van der Waals surface area contributed by atoms with Gasteiger partial charge in [-0.05, 0) is 38.5 Å². The highest BCUT2D eigenvalue weighted by atomic mass is 32.2. The number of hydrogen-bond acceptors (Lipinski definition) is 8. The van der Waals surface area contributed by atoms with Gasteiger partial charge >= 0.3 is 0 Å². The Hall–Kier alpha value is -2.59. The van der Waals surface area contributed by atoms with Gasteiger partial charge < -0.3 is 10.3 Å². The molecule has 1 aliphatic rings. The van der Waals surface area contributed by atoms with E-state index in [-0.39, 0.29) is 16.5 Å². The van der Waals surface area contributed by atoms with Crippen LogP contribution >= 0.6 is 11.3 Å². The number of rotatable bonds is 3. The number of halogens is 1. The van der Waals surface area contributed by atoms with Gasteiger partial charge in [0, 0.05) is 10.4 Å². The molecule has 29 heavy (non-hydrogen) atoms. The van der Waals surface area contributed by atoms with Crippen LogP contribution in [0.3, 0.4) is 0 Å². The fourth-order valence-electron chi connectivity index (χ4n) is 3.25. The zero-order valence-electron chi connectivity index (χ0n) is 16.0. The van der Waals surface area contributed by atoms with Crippen molar-refractivity contribution in [1.82, 2.24) is 10.1 Å². The van der Waals surface area contributed by atoms with Gasteiger partial charge in [-0.1, -0.05) is 23.4 Å². The molecule has 1 aliphatic heterocycles. The molecule has 0 saturated carbocycles. The van der Waals surface area contributed by atoms with E-state index in [9.17, 15) is 12.8 Å². The minimum Gasteiger partial charge on any atom is -0.386 e. The van der Waals surface area contributed by atoms with Crippen LogP contribution in [0.15, 0.2) is 46.2 Å². The predicted molar refractivity (Wildman–Crippen MR) is 110 cm³/mol. The van der Waals surface area contributed by atoms with Crippen LogP contribution in [0.25, 0.3) is 21.8 Å². The summed E-state index contributed by atoms with van der Waals surface area (Å²) in [5, 5.41) is 3.81. The topological polar surface area (TPSA) is 111 Å². The van der Waals surface area contributed by atoms with E-state index in [0.717, 1.165) is 22.5 Å². The lowest BCUT2D eigenvalue weighted by molar-refractivity contribution is 0.419. The molecule has 0 radical (unpaired) electrons. The third-order valence-corrected chi connectivity index (χ3v) is 9.29. The number of nitrogens with two attached hydrogens (primary N) is 1. The van der Waals surface area contributed by atoms with Gasteiger partial charge in [-0.15, -0.1) is 11.3 Å². The molecule has 1 aromatic carbocycles. The summed E-state index contributed by atoms with van der Waals surface area (Å²) in [4.78, 5) is 9.31. The van der Waals surface area contributed by atoms with Crippen LogP contribution in [0.4, 0.5) is 4.39 Å². The molecular weight excluding hydrogens is 415 g/mol. The van der Waals surface area contributed by atoms with Crippen LogP contribution in [-0.2, 0) is 15.4 Å². The van der Waals surface area contributed by atoms with Gasteiger partial charge in [0.05, 0.1) is 10.6 Å². The van der Waals surface area contributed by atoms with Crippen molar-refractivity contribution in [3.05, 3.63) is 47.4 Å². The van der Waals surface area contributed by atoms with Crippen molar-refractivity contribution < 1.29 is 17.3 Å². The molecule has 3 aromatic rings. The molecule has 10 heteroatoms. The van der Waals surface area contributed by atoms with Gasteiger partial charge in [0.1, 0.15) is 21.9 Å². The van der Waals surface area contributed by atoms with Crippen LogP contribution in [0.2, 0.25) is 0 Å². The quantitative estimate of drug-likeness (QED) is 0.676. The minimum absolute atomic E-state index is 0.0142. The van der Waals surface area contributed by atoms with Crippen molar-refractivity contribution >= 4 is 27.0 Å². The first-order chi connectivity index (χ1) is 13.5. The molecule has 1 atom stereocenters. The van der Waals surface area contributed by atoms with Gasteiger partial charge in [-0.3, -0.25) is 4.99 Å². The Bertz CT molecular complexity index is 1220. The number of thiophene rings is 1. The first-order valence-corrected chi connectivity index (χ1v) is 11.3. The molecule has 0 saturated heterocycles.